The molecule has 10 heteroatoms. The molecule has 2 aromatic carbocycles. The van der Waals surface area contributed by atoms with Crippen LogP contribution in [0.5, 0.6) is 5.75 Å². The Morgan fingerprint density at radius 1 is 1.03 bits per heavy atom. The van der Waals surface area contributed by atoms with Crippen LogP contribution in [0.25, 0.3) is 11.3 Å². The third kappa shape index (κ3) is 5.07. The summed E-state index contributed by atoms with van der Waals surface area (Å²) in [5, 5.41) is 9.47. The van der Waals surface area contributed by atoms with Gasteiger partial charge in [-0.3, -0.25) is 9.59 Å². The van der Waals surface area contributed by atoms with Gasteiger partial charge in [-0.2, -0.15) is 5.10 Å². The number of rotatable bonds is 8. The Hall–Kier alpha value is -4.99. The zero-order valence-electron chi connectivity index (χ0n) is 19.5. The molecule has 0 saturated heterocycles. The van der Waals surface area contributed by atoms with Crippen LogP contribution >= 0.6 is 0 Å². The summed E-state index contributed by atoms with van der Waals surface area (Å²) < 4.78 is 9.46. The van der Waals surface area contributed by atoms with Gasteiger partial charge in [-0.05, 0) is 55.0 Å². The molecule has 0 aliphatic carbocycles. The third-order valence-electron chi connectivity index (χ3n) is 5.48. The summed E-state index contributed by atoms with van der Waals surface area (Å²) in [6.07, 6.45) is 6.86. The quantitative estimate of drug-likeness (QED) is 0.352. The molecule has 0 unspecified atom stereocenters. The molecular formula is C26H23N7O3. The smallest absolute Gasteiger partial charge is 0.255 e. The number of benzene rings is 2. The largest absolute Gasteiger partial charge is 0.486 e. The van der Waals surface area contributed by atoms with Gasteiger partial charge in [0.15, 0.2) is 0 Å². The molecule has 10 nitrogen and oxygen atoms in total. The van der Waals surface area contributed by atoms with Crippen molar-refractivity contribution in [1.82, 2.24) is 29.5 Å². The summed E-state index contributed by atoms with van der Waals surface area (Å²) in [6.45, 7) is 2.01. The van der Waals surface area contributed by atoms with Gasteiger partial charge in [0.25, 0.3) is 5.91 Å². The molecule has 5 rings (SSSR count). The number of anilines is 1. The lowest BCUT2D eigenvalue weighted by molar-refractivity contribution is -0.115. The van der Waals surface area contributed by atoms with E-state index in [1.165, 1.54) is 6.33 Å². The molecule has 3 aromatic heterocycles. The van der Waals surface area contributed by atoms with Gasteiger partial charge >= 0.3 is 0 Å². The highest BCUT2D eigenvalue weighted by molar-refractivity contribution is 6.00. The van der Waals surface area contributed by atoms with Crippen LogP contribution in [0.2, 0.25) is 0 Å². The highest BCUT2D eigenvalue weighted by atomic mass is 16.5. The van der Waals surface area contributed by atoms with Crippen LogP contribution < -0.4 is 15.4 Å². The Morgan fingerprint density at radius 2 is 1.86 bits per heavy atom. The van der Waals surface area contributed by atoms with Gasteiger partial charge in [0, 0.05) is 18.1 Å². The molecule has 0 bridgehead atoms. The van der Waals surface area contributed by atoms with E-state index in [1.54, 1.807) is 59.5 Å². The molecule has 36 heavy (non-hydrogen) atoms. The maximum atomic E-state index is 12.8. The number of carbonyl (C=O) groups is 2. The van der Waals surface area contributed by atoms with E-state index >= 15 is 0 Å². The van der Waals surface area contributed by atoms with Crippen LogP contribution in [0.1, 0.15) is 21.6 Å². The number of nitrogens with one attached hydrogen (secondary N) is 2. The maximum Gasteiger partial charge on any atom is 0.255 e. The van der Waals surface area contributed by atoms with Crippen molar-refractivity contribution in [2.45, 2.75) is 13.5 Å². The first-order chi connectivity index (χ1) is 17.6. The number of aryl methyl sites for hydroxylation is 1. The van der Waals surface area contributed by atoms with Crippen molar-refractivity contribution in [2.75, 3.05) is 11.9 Å². The molecular weight excluding hydrogens is 458 g/mol. The molecule has 3 heterocycles. The van der Waals surface area contributed by atoms with E-state index in [9.17, 15) is 9.59 Å². The van der Waals surface area contributed by atoms with Crippen molar-refractivity contribution in [2.24, 2.45) is 0 Å². The molecule has 2 N–H and O–H groups in total. The Labute approximate surface area is 206 Å². The first-order valence-electron chi connectivity index (χ1n) is 11.2. The summed E-state index contributed by atoms with van der Waals surface area (Å²) in [7, 11) is 0. The number of para-hydroxylation sites is 1. The minimum Gasteiger partial charge on any atom is -0.486 e. The van der Waals surface area contributed by atoms with Gasteiger partial charge in [0.1, 0.15) is 30.7 Å². The van der Waals surface area contributed by atoms with Gasteiger partial charge in [-0.25, -0.2) is 14.6 Å². The summed E-state index contributed by atoms with van der Waals surface area (Å²) in [5.74, 6) is -0.351. The average molecular weight is 482 g/mol. The van der Waals surface area contributed by atoms with Crippen LogP contribution in [-0.2, 0) is 11.4 Å². The SMILES string of the molecule is Cc1cccn2cc(COc3ccccc3C(=O)NCC(=O)Nc3ccc(-n4cncn4)cc3)nc12. The van der Waals surface area contributed by atoms with Crippen LogP contribution in [-0.4, -0.2) is 42.5 Å². The molecule has 0 spiro atoms. The predicted octanol–water partition coefficient (Wildman–Crippen LogP) is 3.17. The van der Waals surface area contributed by atoms with E-state index in [-0.39, 0.29) is 19.1 Å². The summed E-state index contributed by atoms with van der Waals surface area (Å²) in [6, 6.07) is 18.0. The minimum atomic E-state index is -0.409. The Morgan fingerprint density at radius 3 is 2.64 bits per heavy atom. The lowest BCUT2D eigenvalue weighted by Crippen LogP contribution is -2.33. The summed E-state index contributed by atoms with van der Waals surface area (Å²) in [5.41, 5.74) is 4.42. The predicted molar refractivity (Wildman–Crippen MR) is 133 cm³/mol. The zero-order chi connectivity index (χ0) is 24.9. The molecule has 0 radical (unpaired) electrons. The number of pyridine rings is 1. The number of amides is 2. The highest BCUT2D eigenvalue weighted by Crippen LogP contribution is 2.20. The van der Waals surface area contributed by atoms with Crippen molar-refractivity contribution in [1.29, 1.82) is 0 Å². The van der Waals surface area contributed by atoms with Crippen molar-refractivity contribution in [3.05, 3.63) is 103 Å². The Bertz CT molecular complexity index is 1510. The molecule has 2 amide bonds. The first kappa shape index (κ1) is 22.8. The lowest BCUT2D eigenvalue weighted by atomic mass is 10.2. The highest BCUT2D eigenvalue weighted by Gasteiger charge is 2.14. The zero-order valence-corrected chi connectivity index (χ0v) is 19.5. The number of imidazole rings is 1. The van der Waals surface area contributed by atoms with E-state index in [1.807, 2.05) is 35.9 Å². The lowest BCUT2D eigenvalue weighted by Gasteiger charge is -2.11. The van der Waals surface area contributed by atoms with Crippen LogP contribution in [0.4, 0.5) is 5.69 Å². The van der Waals surface area contributed by atoms with Crippen molar-refractivity contribution < 1.29 is 14.3 Å². The van der Waals surface area contributed by atoms with E-state index in [4.69, 9.17) is 4.74 Å². The first-order valence-corrected chi connectivity index (χ1v) is 11.2. The second-order valence-corrected chi connectivity index (χ2v) is 8.06. The number of fused-ring (bicyclic) bond motifs is 1. The van der Waals surface area contributed by atoms with Gasteiger partial charge in [-0.15, -0.1) is 0 Å². The van der Waals surface area contributed by atoms with Gasteiger partial charge in [0.2, 0.25) is 5.91 Å². The number of hydrogen-bond donors (Lipinski definition) is 2. The molecule has 0 aliphatic heterocycles. The fourth-order valence-electron chi connectivity index (χ4n) is 3.71. The van der Waals surface area contributed by atoms with Crippen LogP contribution in [0.3, 0.4) is 0 Å². The van der Waals surface area contributed by atoms with Crippen molar-refractivity contribution >= 4 is 23.1 Å². The van der Waals surface area contributed by atoms with Gasteiger partial charge < -0.3 is 19.8 Å². The van der Waals surface area contributed by atoms with Crippen molar-refractivity contribution in [3.63, 3.8) is 0 Å². The molecule has 0 fully saturated rings. The number of aromatic nitrogens is 5. The number of carbonyl (C=O) groups excluding carboxylic acids is 2. The summed E-state index contributed by atoms with van der Waals surface area (Å²) >= 11 is 0. The second kappa shape index (κ2) is 10.1. The van der Waals surface area contributed by atoms with E-state index in [2.05, 4.69) is 25.7 Å². The Balaban J connectivity index is 1.17. The van der Waals surface area contributed by atoms with Crippen LogP contribution in [0, 0.1) is 6.92 Å². The molecule has 0 saturated carbocycles. The second-order valence-electron chi connectivity index (χ2n) is 8.06. The molecule has 180 valence electrons. The molecule has 0 atom stereocenters. The normalized spacial score (nSPS) is 10.8. The minimum absolute atomic E-state index is 0.191. The standard InChI is InChI=1S/C26H23N7O3/c1-18-5-4-12-32-14-20(31-25(18)32)15-36-23-7-3-2-6-22(23)26(35)28-13-24(34)30-19-8-10-21(11-9-19)33-17-27-16-29-33/h2-12,14,16-17H,13,15H2,1H3,(H,28,35)(H,30,34). The monoisotopic (exact) mass is 481 g/mol. The van der Waals surface area contributed by atoms with Gasteiger partial charge in [0.05, 0.1) is 23.5 Å². The number of hydrogen-bond acceptors (Lipinski definition) is 6. The van der Waals surface area contributed by atoms with E-state index in [0.29, 0.717) is 17.0 Å². The summed E-state index contributed by atoms with van der Waals surface area (Å²) in [4.78, 5) is 33.7. The topological polar surface area (TPSA) is 115 Å². The molecule has 5 aromatic rings. The van der Waals surface area contributed by atoms with Gasteiger partial charge in [-0.1, -0.05) is 18.2 Å². The maximum absolute atomic E-state index is 12.8. The van der Waals surface area contributed by atoms with Crippen LogP contribution in [0.15, 0.2) is 85.7 Å². The fraction of sp³-hybridized carbons (Fsp3) is 0.115. The number of nitrogens with zero attached hydrogens (tertiary/aromatic N) is 5. The number of ether oxygens (including phenoxy) is 1. The van der Waals surface area contributed by atoms with E-state index < -0.39 is 5.91 Å². The van der Waals surface area contributed by atoms with Crippen molar-refractivity contribution in [3.8, 4) is 11.4 Å². The molecule has 0 aliphatic rings. The fourth-order valence-corrected chi connectivity index (χ4v) is 3.71. The average Bonchev–Trinajstić information content (AvgIpc) is 3.58. The van der Waals surface area contributed by atoms with E-state index in [0.717, 1.165) is 22.6 Å². The Kier molecular flexibility index (Phi) is 6.39. The third-order valence-corrected chi connectivity index (χ3v) is 5.48.